The third-order valence-corrected chi connectivity index (χ3v) is 4.03. The molecule has 1 rings (SSSR count). The minimum Gasteiger partial charge on any atom is -0.322 e. The zero-order valence-electron chi connectivity index (χ0n) is 10.9. The average molecular weight is 240 g/mol. The lowest BCUT2D eigenvalue weighted by molar-refractivity contribution is 0.449. The molecule has 2 N–H and O–H groups in total. The molecule has 0 fully saturated rings. The number of aromatic nitrogens is 1. The van der Waals surface area contributed by atoms with Crippen LogP contribution in [0.2, 0.25) is 0 Å². The second-order valence-corrected chi connectivity index (χ2v) is 5.95. The van der Waals surface area contributed by atoms with Crippen LogP contribution in [-0.2, 0) is 6.42 Å². The summed E-state index contributed by atoms with van der Waals surface area (Å²) in [7, 11) is 0. The van der Waals surface area contributed by atoms with Gasteiger partial charge in [-0.25, -0.2) is 4.98 Å². The number of aryl methyl sites for hydroxylation is 1. The molecule has 2 nitrogen and oxygen atoms in total. The first kappa shape index (κ1) is 13.7. The molecule has 2 unspecified atom stereocenters. The van der Waals surface area contributed by atoms with Gasteiger partial charge in [-0.2, -0.15) is 0 Å². The van der Waals surface area contributed by atoms with Gasteiger partial charge >= 0.3 is 0 Å². The molecule has 1 aromatic rings. The van der Waals surface area contributed by atoms with Gasteiger partial charge in [0, 0.05) is 5.38 Å². The lowest BCUT2D eigenvalue weighted by atomic mass is 9.98. The molecule has 0 saturated heterocycles. The summed E-state index contributed by atoms with van der Waals surface area (Å²) >= 11 is 1.76. The molecule has 0 radical (unpaired) electrons. The van der Waals surface area contributed by atoms with Gasteiger partial charge in [0.05, 0.1) is 16.7 Å². The van der Waals surface area contributed by atoms with E-state index in [-0.39, 0.29) is 6.04 Å². The summed E-state index contributed by atoms with van der Waals surface area (Å²) < 4.78 is 0. The first-order valence-electron chi connectivity index (χ1n) is 6.24. The van der Waals surface area contributed by atoms with Crippen molar-refractivity contribution in [1.82, 2.24) is 4.98 Å². The van der Waals surface area contributed by atoms with Gasteiger partial charge in [0.2, 0.25) is 0 Å². The number of nitrogens with zero attached hydrogens (tertiary/aromatic N) is 1. The fraction of sp³-hybridized carbons (Fsp3) is 0.769. The topological polar surface area (TPSA) is 38.9 Å². The molecule has 1 aromatic heterocycles. The molecule has 0 saturated carbocycles. The number of hydrogen-bond donors (Lipinski definition) is 1. The van der Waals surface area contributed by atoms with Crippen LogP contribution in [0.4, 0.5) is 0 Å². The molecule has 0 aliphatic heterocycles. The zero-order valence-corrected chi connectivity index (χ0v) is 11.7. The normalized spacial score (nSPS) is 15.4. The Balaban J connectivity index is 2.57. The Labute approximate surface area is 103 Å². The van der Waals surface area contributed by atoms with E-state index < -0.39 is 0 Å². The predicted octanol–water partition coefficient (Wildman–Crippen LogP) is 3.78. The molecule has 3 heteroatoms. The van der Waals surface area contributed by atoms with E-state index in [1.54, 1.807) is 11.3 Å². The average Bonchev–Trinajstić information content (AvgIpc) is 2.72. The standard InChI is InChI=1S/C13H24N2S/c1-5-10(4)13(14)11-8-16-12(15-11)7-6-9(2)3/h8-10,13H,5-7,14H2,1-4H3. The highest BCUT2D eigenvalue weighted by Gasteiger charge is 2.16. The van der Waals surface area contributed by atoms with Crippen molar-refractivity contribution in [3.63, 3.8) is 0 Å². The van der Waals surface area contributed by atoms with Crippen LogP contribution in [0.1, 0.15) is 57.3 Å². The quantitative estimate of drug-likeness (QED) is 0.822. The Bertz CT molecular complexity index is 307. The fourth-order valence-electron chi connectivity index (χ4n) is 1.55. The Kier molecular flexibility index (Phi) is 5.42. The highest BCUT2D eigenvalue weighted by Crippen LogP contribution is 2.24. The molecule has 0 aliphatic carbocycles. The van der Waals surface area contributed by atoms with Crippen LogP contribution in [-0.4, -0.2) is 4.98 Å². The van der Waals surface area contributed by atoms with Crippen LogP contribution in [0.15, 0.2) is 5.38 Å². The highest BCUT2D eigenvalue weighted by atomic mass is 32.1. The predicted molar refractivity (Wildman–Crippen MR) is 71.7 cm³/mol. The second-order valence-electron chi connectivity index (χ2n) is 5.01. The van der Waals surface area contributed by atoms with Crippen LogP contribution < -0.4 is 5.73 Å². The highest BCUT2D eigenvalue weighted by molar-refractivity contribution is 7.09. The number of rotatable bonds is 6. The lowest BCUT2D eigenvalue weighted by Gasteiger charge is -2.15. The molecule has 1 heterocycles. The molecular formula is C13H24N2S. The summed E-state index contributed by atoms with van der Waals surface area (Å²) in [6, 6.07) is 0.106. The zero-order chi connectivity index (χ0) is 12.1. The molecule has 0 aromatic carbocycles. The van der Waals surface area contributed by atoms with Crippen molar-refractivity contribution >= 4 is 11.3 Å². The van der Waals surface area contributed by atoms with Gasteiger partial charge in [-0.3, -0.25) is 0 Å². The van der Waals surface area contributed by atoms with E-state index in [2.05, 4.69) is 38.1 Å². The van der Waals surface area contributed by atoms with E-state index in [0.29, 0.717) is 5.92 Å². The smallest absolute Gasteiger partial charge is 0.0929 e. The van der Waals surface area contributed by atoms with Gasteiger partial charge in [-0.05, 0) is 24.7 Å². The van der Waals surface area contributed by atoms with Gasteiger partial charge in [0.25, 0.3) is 0 Å². The van der Waals surface area contributed by atoms with Crippen LogP contribution in [0.3, 0.4) is 0 Å². The maximum atomic E-state index is 6.16. The Morgan fingerprint density at radius 2 is 2.06 bits per heavy atom. The molecule has 0 spiro atoms. The summed E-state index contributed by atoms with van der Waals surface area (Å²) in [4.78, 5) is 4.64. The Morgan fingerprint density at radius 1 is 1.38 bits per heavy atom. The van der Waals surface area contributed by atoms with Gasteiger partial charge < -0.3 is 5.73 Å². The van der Waals surface area contributed by atoms with E-state index in [1.165, 1.54) is 11.4 Å². The van der Waals surface area contributed by atoms with Crippen LogP contribution >= 0.6 is 11.3 Å². The molecule has 2 atom stereocenters. The number of hydrogen-bond acceptors (Lipinski definition) is 3. The van der Waals surface area contributed by atoms with Crippen molar-refractivity contribution in [2.75, 3.05) is 0 Å². The summed E-state index contributed by atoms with van der Waals surface area (Å²) in [6.45, 7) is 8.87. The van der Waals surface area contributed by atoms with Gasteiger partial charge in [-0.15, -0.1) is 11.3 Å². The first-order valence-corrected chi connectivity index (χ1v) is 7.12. The van der Waals surface area contributed by atoms with Gasteiger partial charge in [0.1, 0.15) is 0 Å². The monoisotopic (exact) mass is 240 g/mol. The SMILES string of the molecule is CCC(C)C(N)c1csc(CCC(C)C)n1. The van der Waals surface area contributed by atoms with E-state index in [1.807, 2.05) is 0 Å². The van der Waals surface area contributed by atoms with Crippen LogP contribution in [0.25, 0.3) is 0 Å². The molecule has 0 bridgehead atoms. The molecule has 0 amide bonds. The molecular weight excluding hydrogens is 216 g/mol. The van der Waals surface area contributed by atoms with Crippen LogP contribution in [0.5, 0.6) is 0 Å². The molecule has 16 heavy (non-hydrogen) atoms. The minimum atomic E-state index is 0.106. The first-order chi connectivity index (χ1) is 7.54. The van der Waals surface area contributed by atoms with E-state index in [9.17, 15) is 0 Å². The largest absolute Gasteiger partial charge is 0.322 e. The summed E-state index contributed by atoms with van der Waals surface area (Å²) in [5.74, 6) is 1.26. The van der Waals surface area contributed by atoms with Crippen LogP contribution in [0, 0.1) is 11.8 Å². The summed E-state index contributed by atoms with van der Waals surface area (Å²) in [5, 5.41) is 3.37. The third kappa shape index (κ3) is 3.87. The fourth-order valence-corrected chi connectivity index (χ4v) is 2.41. The lowest BCUT2D eigenvalue weighted by Crippen LogP contribution is -2.18. The van der Waals surface area contributed by atoms with Crippen molar-refractivity contribution in [1.29, 1.82) is 0 Å². The van der Waals surface area contributed by atoms with E-state index >= 15 is 0 Å². The summed E-state index contributed by atoms with van der Waals surface area (Å²) in [6.07, 6.45) is 3.42. The molecule has 0 aliphatic rings. The second kappa shape index (κ2) is 6.36. The molecule has 92 valence electrons. The van der Waals surface area contributed by atoms with Gasteiger partial charge in [0.15, 0.2) is 0 Å². The van der Waals surface area contributed by atoms with E-state index in [4.69, 9.17) is 5.73 Å². The van der Waals surface area contributed by atoms with Crippen molar-refractivity contribution in [3.8, 4) is 0 Å². The maximum absolute atomic E-state index is 6.16. The van der Waals surface area contributed by atoms with Crippen molar-refractivity contribution in [2.24, 2.45) is 17.6 Å². The number of nitrogens with two attached hydrogens (primary N) is 1. The summed E-state index contributed by atoms with van der Waals surface area (Å²) in [5.41, 5.74) is 7.24. The number of thiazole rings is 1. The Morgan fingerprint density at radius 3 is 2.62 bits per heavy atom. The van der Waals surface area contributed by atoms with Crippen molar-refractivity contribution in [2.45, 2.75) is 53.0 Å². The van der Waals surface area contributed by atoms with Crippen molar-refractivity contribution < 1.29 is 0 Å². The third-order valence-electron chi connectivity index (χ3n) is 3.10. The minimum absolute atomic E-state index is 0.106. The van der Waals surface area contributed by atoms with Crippen molar-refractivity contribution in [3.05, 3.63) is 16.1 Å². The maximum Gasteiger partial charge on any atom is 0.0929 e. The van der Waals surface area contributed by atoms with E-state index in [0.717, 1.165) is 24.5 Å². The Hall–Kier alpha value is -0.410. The van der Waals surface area contributed by atoms with Gasteiger partial charge in [-0.1, -0.05) is 34.1 Å².